The molecule has 3 fully saturated rings. The molecule has 4 rings (SSSR count). The number of allylic oxidation sites excluding steroid dienone is 3. The van der Waals surface area contributed by atoms with Crippen molar-refractivity contribution >= 4 is 17.5 Å². The number of hydrogen-bond acceptors (Lipinski definition) is 7. The third kappa shape index (κ3) is 3.62. The molecular weight excluding hydrogens is 436 g/mol. The van der Waals surface area contributed by atoms with E-state index in [0.29, 0.717) is 18.6 Å². The van der Waals surface area contributed by atoms with Gasteiger partial charge in [-0.2, -0.15) is 0 Å². The lowest BCUT2D eigenvalue weighted by Gasteiger charge is -2.60. The third-order valence-corrected chi connectivity index (χ3v) is 9.60. The molecule has 7 nitrogen and oxygen atoms in total. The monoisotopic (exact) mass is 474 g/mol. The average Bonchev–Trinajstić information content (AvgIpc) is 3.05. The molecule has 0 radical (unpaired) electrons. The van der Waals surface area contributed by atoms with E-state index < -0.39 is 34.9 Å². The van der Waals surface area contributed by atoms with Crippen LogP contribution in [-0.2, 0) is 19.1 Å². The minimum atomic E-state index is -1.66. The predicted octanol–water partition coefficient (Wildman–Crippen LogP) is 3.01. The second-order valence-corrected chi connectivity index (χ2v) is 11.2. The number of Topliss-reactive ketones (excluding diaryl/α,β-unsaturated/α-hetero) is 1. The zero-order valence-corrected chi connectivity index (χ0v) is 20.5. The lowest BCUT2D eigenvalue weighted by Crippen LogP contribution is -2.62. The summed E-state index contributed by atoms with van der Waals surface area (Å²) < 4.78 is 5.82. The van der Waals surface area contributed by atoms with E-state index in [1.165, 1.54) is 6.08 Å². The van der Waals surface area contributed by atoms with Gasteiger partial charge in [0.2, 0.25) is 0 Å². The highest BCUT2D eigenvalue weighted by Gasteiger charge is 2.69. The number of carbonyl (C=O) groups excluding carboxylic acids is 3. The van der Waals surface area contributed by atoms with Crippen LogP contribution in [-0.4, -0.2) is 51.2 Å². The van der Waals surface area contributed by atoms with Crippen LogP contribution in [0.25, 0.3) is 0 Å². The van der Waals surface area contributed by atoms with Crippen molar-refractivity contribution in [2.75, 3.05) is 6.61 Å². The molecule has 7 atom stereocenters. The minimum Gasteiger partial charge on any atom is -0.430 e. The first-order chi connectivity index (χ1) is 16.0. The number of ether oxygens (including phenoxy) is 1. The van der Waals surface area contributed by atoms with E-state index in [1.54, 1.807) is 6.08 Å². The van der Waals surface area contributed by atoms with E-state index in [-0.39, 0.29) is 48.8 Å². The highest BCUT2D eigenvalue weighted by Crippen LogP contribution is 2.68. The number of unbranched alkanes of at least 4 members (excludes halogenated alkanes) is 2. The van der Waals surface area contributed by atoms with Gasteiger partial charge in [-0.1, -0.05) is 32.3 Å². The molecule has 0 aromatic heterocycles. The van der Waals surface area contributed by atoms with E-state index in [1.807, 2.05) is 13.8 Å². The molecule has 4 aliphatic rings. The highest BCUT2D eigenvalue weighted by molar-refractivity contribution is 6.02. The van der Waals surface area contributed by atoms with Gasteiger partial charge in [0.05, 0.1) is 11.5 Å². The molecule has 7 heteroatoms. The molecule has 0 heterocycles. The van der Waals surface area contributed by atoms with Gasteiger partial charge in [0.15, 0.2) is 11.6 Å². The van der Waals surface area contributed by atoms with Crippen LogP contribution in [0.3, 0.4) is 0 Å². The lowest BCUT2D eigenvalue weighted by atomic mass is 9.45. The van der Waals surface area contributed by atoms with Crippen molar-refractivity contribution in [1.82, 2.24) is 0 Å². The van der Waals surface area contributed by atoms with E-state index in [2.05, 4.69) is 6.92 Å². The third-order valence-electron chi connectivity index (χ3n) is 9.60. The summed E-state index contributed by atoms with van der Waals surface area (Å²) in [5, 5.41) is 32.4. The van der Waals surface area contributed by atoms with Crippen LogP contribution < -0.4 is 0 Å². The van der Waals surface area contributed by atoms with Gasteiger partial charge in [0.25, 0.3) is 0 Å². The number of hydrogen-bond donors (Lipinski definition) is 3. The van der Waals surface area contributed by atoms with Crippen molar-refractivity contribution in [1.29, 1.82) is 0 Å². The van der Waals surface area contributed by atoms with Crippen molar-refractivity contribution in [2.24, 2.45) is 28.6 Å². The summed E-state index contributed by atoms with van der Waals surface area (Å²) >= 11 is 0. The van der Waals surface area contributed by atoms with Gasteiger partial charge < -0.3 is 20.1 Å². The van der Waals surface area contributed by atoms with E-state index in [4.69, 9.17) is 4.74 Å². The van der Waals surface area contributed by atoms with E-state index in [9.17, 15) is 29.7 Å². The topological polar surface area (TPSA) is 121 Å². The second kappa shape index (κ2) is 8.99. The summed E-state index contributed by atoms with van der Waals surface area (Å²) in [6.07, 6.45) is 7.49. The number of rotatable bonds is 7. The molecule has 3 N–H and O–H groups in total. The predicted molar refractivity (Wildman–Crippen MR) is 124 cm³/mol. The molecule has 0 spiro atoms. The summed E-state index contributed by atoms with van der Waals surface area (Å²) in [4.78, 5) is 37.7. The molecule has 0 saturated heterocycles. The molecule has 4 aliphatic carbocycles. The first-order valence-electron chi connectivity index (χ1n) is 12.8. The second-order valence-electron chi connectivity index (χ2n) is 11.2. The Morgan fingerprint density at radius 2 is 1.91 bits per heavy atom. The normalized spacial score (nSPS) is 41.1. The van der Waals surface area contributed by atoms with Gasteiger partial charge in [0, 0.05) is 23.8 Å². The smallest absolute Gasteiger partial charge is 0.310 e. The molecular formula is C27H38O7. The summed E-state index contributed by atoms with van der Waals surface area (Å²) in [7, 11) is 0. The van der Waals surface area contributed by atoms with Gasteiger partial charge in [-0.15, -0.1) is 0 Å². The largest absolute Gasteiger partial charge is 0.430 e. The lowest BCUT2D eigenvalue weighted by molar-refractivity contribution is -0.182. The number of ketones is 2. The van der Waals surface area contributed by atoms with E-state index in [0.717, 1.165) is 31.3 Å². The van der Waals surface area contributed by atoms with Crippen molar-refractivity contribution in [2.45, 2.75) is 90.3 Å². The van der Waals surface area contributed by atoms with Crippen LogP contribution >= 0.6 is 0 Å². The number of fused-ring (bicyclic) bond motifs is 5. The van der Waals surface area contributed by atoms with Crippen LogP contribution in [0.1, 0.15) is 78.6 Å². The van der Waals surface area contributed by atoms with Crippen LogP contribution in [0.4, 0.5) is 0 Å². The number of aliphatic hydroxyl groups is 3. The molecule has 0 amide bonds. The van der Waals surface area contributed by atoms with Gasteiger partial charge in [-0.3, -0.25) is 14.4 Å². The zero-order valence-electron chi connectivity index (χ0n) is 20.5. The fraction of sp³-hybridized carbons (Fsp3) is 0.741. The van der Waals surface area contributed by atoms with Crippen molar-refractivity contribution < 1.29 is 34.4 Å². The first-order valence-corrected chi connectivity index (χ1v) is 12.8. The summed E-state index contributed by atoms with van der Waals surface area (Å²) in [5.41, 5.74) is -2.45. The average molecular weight is 475 g/mol. The number of carbonyl (C=O) groups is 3. The molecule has 0 aromatic carbocycles. The van der Waals surface area contributed by atoms with Crippen molar-refractivity contribution in [3.8, 4) is 0 Å². The number of aliphatic hydroxyl groups excluding tert-OH is 2. The van der Waals surface area contributed by atoms with Gasteiger partial charge in [0.1, 0.15) is 18.0 Å². The maximum atomic E-state index is 12.6. The van der Waals surface area contributed by atoms with Crippen LogP contribution in [0.2, 0.25) is 0 Å². The molecule has 0 aliphatic heterocycles. The van der Waals surface area contributed by atoms with Crippen LogP contribution in [0.15, 0.2) is 23.5 Å². The Balaban J connectivity index is 1.68. The Morgan fingerprint density at radius 1 is 1.18 bits per heavy atom. The Morgan fingerprint density at radius 3 is 2.59 bits per heavy atom. The Labute approximate surface area is 201 Å². The summed E-state index contributed by atoms with van der Waals surface area (Å²) in [5.74, 6) is -1.20. The Kier molecular flexibility index (Phi) is 6.68. The Bertz CT molecular complexity index is 935. The molecule has 0 aromatic rings. The van der Waals surface area contributed by atoms with Crippen LogP contribution in [0, 0.1) is 28.6 Å². The summed E-state index contributed by atoms with van der Waals surface area (Å²) in [6.45, 7) is 5.15. The highest BCUT2D eigenvalue weighted by atomic mass is 16.5. The molecule has 188 valence electrons. The molecule has 34 heavy (non-hydrogen) atoms. The fourth-order valence-electron chi connectivity index (χ4n) is 7.82. The zero-order chi connectivity index (χ0) is 24.9. The summed E-state index contributed by atoms with van der Waals surface area (Å²) in [6, 6.07) is 0. The van der Waals surface area contributed by atoms with Crippen molar-refractivity contribution in [3.05, 3.63) is 23.5 Å². The maximum absolute atomic E-state index is 12.6. The Hall–Kier alpha value is -1.83. The molecule has 0 unspecified atom stereocenters. The van der Waals surface area contributed by atoms with Crippen molar-refractivity contribution in [3.63, 3.8) is 0 Å². The standard InChI is InChI=1S/C27H38O7/c1-4-5-6-7-23(32)34-22-13-17(29)12-16-8-9-18-19-10-11-27(33,21(31)15-28)25(19,2)14-20(30)24(18)26(16,22)3/h12-13,18-20,24,28,30,33H,4-11,14-15H2,1-3H3/t18-,19-,20-,24+,25-,26+,27-/m0/s1. The van der Waals surface area contributed by atoms with Gasteiger partial charge in [-0.25, -0.2) is 0 Å². The number of esters is 1. The SMILES string of the molecule is CCCCCC(=O)OC1=CC(=O)C=C2CC[C@@H]3[C@H]([C@@H](O)C[C@@]4(C)[C@H]3CC[C@]4(O)C(=O)CO)[C@]21C. The van der Waals surface area contributed by atoms with Crippen LogP contribution in [0.5, 0.6) is 0 Å². The van der Waals surface area contributed by atoms with Gasteiger partial charge >= 0.3 is 5.97 Å². The maximum Gasteiger partial charge on any atom is 0.310 e. The first kappa shape index (κ1) is 25.3. The quantitative estimate of drug-likeness (QED) is 0.383. The molecule has 0 bridgehead atoms. The molecule has 3 saturated carbocycles. The van der Waals surface area contributed by atoms with Gasteiger partial charge in [-0.05, 0) is 63.4 Å². The van der Waals surface area contributed by atoms with E-state index >= 15 is 0 Å². The minimum absolute atomic E-state index is 0.0215. The fourth-order valence-corrected chi connectivity index (χ4v) is 7.82.